The molecule has 1 fully saturated rings. The number of aliphatic hydroxyl groups excluding tert-OH is 1. The second kappa shape index (κ2) is 7.38. The summed E-state index contributed by atoms with van der Waals surface area (Å²) in [4.78, 5) is 16.3. The van der Waals surface area contributed by atoms with Gasteiger partial charge in [-0.15, -0.1) is 0 Å². The molecule has 0 unspecified atom stereocenters. The average molecular weight is 292 g/mol. The Labute approximate surface area is 125 Å². The first-order valence-corrected chi connectivity index (χ1v) is 7.44. The molecule has 1 aromatic heterocycles. The van der Waals surface area contributed by atoms with Gasteiger partial charge in [0.1, 0.15) is 5.82 Å². The molecule has 1 aliphatic carbocycles. The van der Waals surface area contributed by atoms with Crippen molar-refractivity contribution >= 4 is 11.7 Å². The molecule has 116 valence electrons. The molecule has 5 N–H and O–H groups in total. The topological polar surface area (TPSA) is 100 Å². The molecule has 1 heterocycles. The van der Waals surface area contributed by atoms with E-state index in [4.69, 9.17) is 5.73 Å². The lowest BCUT2D eigenvalue weighted by Gasteiger charge is -2.29. The van der Waals surface area contributed by atoms with Gasteiger partial charge in [-0.25, -0.2) is 4.98 Å². The van der Waals surface area contributed by atoms with Crippen molar-refractivity contribution < 1.29 is 9.90 Å². The van der Waals surface area contributed by atoms with Gasteiger partial charge in [-0.2, -0.15) is 0 Å². The Balaban J connectivity index is 1.69. The zero-order valence-electron chi connectivity index (χ0n) is 12.4. The van der Waals surface area contributed by atoms with Crippen LogP contribution < -0.4 is 16.4 Å². The van der Waals surface area contributed by atoms with Gasteiger partial charge in [-0.1, -0.05) is 6.07 Å². The third kappa shape index (κ3) is 4.41. The normalized spacial score (nSPS) is 25.4. The summed E-state index contributed by atoms with van der Waals surface area (Å²) in [5, 5.41) is 15.8. The number of hydrogen-bond donors (Lipinski definition) is 4. The zero-order valence-corrected chi connectivity index (χ0v) is 12.4. The Kier molecular flexibility index (Phi) is 5.52. The van der Waals surface area contributed by atoms with Crippen LogP contribution in [0.2, 0.25) is 0 Å². The predicted molar refractivity (Wildman–Crippen MR) is 81.8 cm³/mol. The minimum Gasteiger partial charge on any atom is -0.391 e. The van der Waals surface area contributed by atoms with Crippen molar-refractivity contribution in [3.05, 3.63) is 23.9 Å². The van der Waals surface area contributed by atoms with Crippen LogP contribution in [0, 0.1) is 12.8 Å². The highest BCUT2D eigenvalue weighted by Gasteiger charge is 2.30. The summed E-state index contributed by atoms with van der Waals surface area (Å²) in [5.41, 5.74) is 6.82. The molecule has 6 heteroatoms. The summed E-state index contributed by atoms with van der Waals surface area (Å²) in [5.74, 6) is 0.711. The first-order valence-electron chi connectivity index (χ1n) is 7.44. The molecule has 21 heavy (non-hydrogen) atoms. The molecule has 1 aromatic rings. The third-order valence-corrected chi connectivity index (χ3v) is 3.97. The third-order valence-electron chi connectivity index (χ3n) is 3.97. The predicted octanol–water partition coefficient (Wildman–Crippen LogP) is 0.406. The van der Waals surface area contributed by atoms with E-state index in [2.05, 4.69) is 15.6 Å². The first kappa shape index (κ1) is 15.7. The van der Waals surface area contributed by atoms with Gasteiger partial charge in [0, 0.05) is 31.2 Å². The maximum atomic E-state index is 12.0. The van der Waals surface area contributed by atoms with Gasteiger partial charge in [0.15, 0.2) is 0 Å². The second-order valence-corrected chi connectivity index (χ2v) is 5.63. The lowest BCUT2D eigenvalue weighted by atomic mass is 9.84. The van der Waals surface area contributed by atoms with Gasteiger partial charge in [0.2, 0.25) is 5.91 Å². The van der Waals surface area contributed by atoms with Crippen molar-refractivity contribution in [2.24, 2.45) is 11.7 Å². The molecule has 0 bridgehead atoms. The van der Waals surface area contributed by atoms with Gasteiger partial charge in [-0.05, 0) is 37.8 Å². The van der Waals surface area contributed by atoms with Crippen molar-refractivity contribution in [3.8, 4) is 0 Å². The molecule has 0 radical (unpaired) electrons. The van der Waals surface area contributed by atoms with E-state index in [1.54, 1.807) is 6.20 Å². The summed E-state index contributed by atoms with van der Waals surface area (Å²) in [7, 11) is 0. The molecule has 1 amide bonds. The van der Waals surface area contributed by atoms with E-state index in [1.165, 1.54) is 0 Å². The smallest absolute Gasteiger partial charge is 0.223 e. The maximum Gasteiger partial charge on any atom is 0.223 e. The van der Waals surface area contributed by atoms with Crippen LogP contribution in [0.4, 0.5) is 5.82 Å². The van der Waals surface area contributed by atoms with Crippen LogP contribution in [0.3, 0.4) is 0 Å². The maximum absolute atomic E-state index is 12.0. The standard InChI is InChI=1S/C15H24N4O2/c1-10-3-2-6-17-14(10)18-7-8-19-15(21)11-4-5-12(16)13(20)9-11/h2-3,6,11-13,20H,4-5,7-9,16H2,1H3,(H,17,18)(H,19,21)/t11-,12-,13-/m0/s1. The number of nitrogens with two attached hydrogens (primary N) is 1. The number of rotatable bonds is 5. The Morgan fingerprint density at radius 1 is 1.48 bits per heavy atom. The number of carbonyl (C=O) groups excluding carboxylic acids is 1. The highest BCUT2D eigenvalue weighted by atomic mass is 16.3. The second-order valence-electron chi connectivity index (χ2n) is 5.63. The van der Waals surface area contributed by atoms with Crippen molar-refractivity contribution in [1.82, 2.24) is 10.3 Å². The first-order chi connectivity index (χ1) is 10.1. The Morgan fingerprint density at radius 2 is 2.29 bits per heavy atom. The minimum atomic E-state index is -0.566. The van der Waals surface area contributed by atoms with Crippen LogP contribution in [0.25, 0.3) is 0 Å². The summed E-state index contributed by atoms with van der Waals surface area (Å²) in [6, 6.07) is 3.69. The fraction of sp³-hybridized carbons (Fsp3) is 0.600. The van der Waals surface area contributed by atoms with Gasteiger partial charge in [0.25, 0.3) is 0 Å². The number of nitrogens with one attached hydrogen (secondary N) is 2. The molecule has 2 rings (SSSR count). The number of hydrogen-bond acceptors (Lipinski definition) is 5. The molecule has 0 aliphatic heterocycles. The van der Waals surface area contributed by atoms with Gasteiger partial charge >= 0.3 is 0 Å². The van der Waals surface area contributed by atoms with Gasteiger partial charge in [-0.3, -0.25) is 4.79 Å². The SMILES string of the molecule is Cc1cccnc1NCCNC(=O)[C@H]1CC[C@H](N)[C@@H](O)C1. The van der Waals surface area contributed by atoms with Crippen molar-refractivity contribution in [3.63, 3.8) is 0 Å². The molecule has 3 atom stereocenters. The number of carbonyl (C=O) groups is 1. The fourth-order valence-corrected chi connectivity index (χ4v) is 2.59. The molecule has 1 saturated carbocycles. The number of pyridine rings is 1. The number of aryl methyl sites for hydroxylation is 1. The van der Waals surface area contributed by atoms with Crippen LogP contribution >= 0.6 is 0 Å². The molecular weight excluding hydrogens is 268 g/mol. The largest absolute Gasteiger partial charge is 0.391 e. The van der Waals surface area contributed by atoms with E-state index in [-0.39, 0.29) is 17.9 Å². The van der Waals surface area contributed by atoms with Crippen molar-refractivity contribution in [1.29, 1.82) is 0 Å². The molecular formula is C15H24N4O2. The summed E-state index contributed by atoms with van der Waals surface area (Å²) >= 11 is 0. The highest BCUT2D eigenvalue weighted by molar-refractivity contribution is 5.78. The van der Waals surface area contributed by atoms with Gasteiger partial charge < -0.3 is 21.5 Å². The van der Waals surface area contributed by atoms with E-state index in [0.717, 1.165) is 17.8 Å². The van der Waals surface area contributed by atoms with Crippen LogP contribution in [0.1, 0.15) is 24.8 Å². The van der Waals surface area contributed by atoms with Crippen LogP contribution in [-0.2, 0) is 4.79 Å². The molecule has 0 spiro atoms. The Hall–Kier alpha value is -1.66. The highest BCUT2D eigenvalue weighted by Crippen LogP contribution is 2.23. The number of aromatic nitrogens is 1. The van der Waals surface area contributed by atoms with Crippen molar-refractivity contribution in [2.75, 3.05) is 18.4 Å². The summed E-state index contributed by atoms with van der Waals surface area (Å²) in [6.45, 7) is 3.15. The van der Waals surface area contributed by atoms with E-state index >= 15 is 0 Å². The van der Waals surface area contributed by atoms with E-state index in [0.29, 0.717) is 25.9 Å². The van der Waals surface area contributed by atoms with E-state index in [9.17, 15) is 9.90 Å². The van der Waals surface area contributed by atoms with E-state index < -0.39 is 6.10 Å². The fourth-order valence-electron chi connectivity index (χ4n) is 2.59. The van der Waals surface area contributed by atoms with Crippen LogP contribution in [-0.4, -0.2) is 41.2 Å². The number of nitrogens with zero attached hydrogens (tertiary/aromatic N) is 1. The number of anilines is 1. The Bertz CT molecular complexity index is 480. The number of amides is 1. The average Bonchev–Trinajstić information content (AvgIpc) is 2.48. The van der Waals surface area contributed by atoms with Crippen molar-refractivity contribution in [2.45, 2.75) is 38.3 Å². The van der Waals surface area contributed by atoms with E-state index in [1.807, 2.05) is 19.1 Å². The molecule has 1 aliphatic rings. The van der Waals surface area contributed by atoms with Crippen LogP contribution in [0.15, 0.2) is 18.3 Å². The number of aliphatic hydroxyl groups is 1. The quantitative estimate of drug-likeness (QED) is 0.589. The molecule has 0 saturated heterocycles. The minimum absolute atomic E-state index is 0.000456. The lowest BCUT2D eigenvalue weighted by molar-refractivity contribution is -0.127. The van der Waals surface area contributed by atoms with Gasteiger partial charge in [0.05, 0.1) is 6.10 Å². The monoisotopic (exact) mass is 292 g/mol. The molecule has 0 aromatic carbocycles. The van der Waals surface area contributed by atoms with Crippen LogP contribution in [0.5, 0.6) is 0 Å². The summed E-state index contributed by atoms with van der Waals surface area (Å²) in [6.07, 6.45) is 3.07. The lowest BCUT2D eigenvalue weighted by Crippen LogP contribution is -2.45. The summed E-state index contributed by atoms with van der Waals surface area (Å²) < 4.78 is 0. The zero-order chi connectivity index (χ0) is 15.2. The Morgan fingerprint density at radius 3 is 3.00 bits per heavy atom. The molecule has 6 nitrogen and oxygen atoms in total.